The van der Waals surface area contributed by atoms with Crippen LogP contribution >= 0.6 is 0 Å². The third-order valence-corrected chi connectivity index (χ3v) is 5.74. The van der Waals surface area contributed by atoms with Crippen molar-refractivity contribution in [2.24, 2.45) is 5.92 Å². The van der Waals surface area contributed by atoms with E-state index in [0.29, 0.717) is 12.1 Å². The van der Waals surface area contributed by atoms with Crippen molar-refractivity contribution in [2.45, 2.75) is 58.2 Å². The molecule has 0 radical (unpaired) electrons. The highest BCUT2D eigenvalue weighted by molar-refractivity contribution is 5.17. The molecule has 25 heavy (non-hydrogen) atoms. The van der Waals surface area contributed by atoms with E-state index in [9.17, 15) is 4.39 Å². The molecule has 140 valence electrons. The van der Waals surface area contributed by atoms with E-state index in [0.717, 1.165) is 44.3 Å². The average molecular weight is 349 g/mol. The molecule has 2 aliphatic heterocycles. The van der Waals surface area contributed by atoms with Crippen molar-refractivity contribution in [3.63, 3.8) is 0 Å². The number of likely N-dealkylation sites (tertiary alicyclic amines) is 1. The smallest absolute Gasteiger partial charge is 0.127 e. The van der Waals surface area contributed by atoms with Gasteiger partial charge < -0.3 is 4.74 Å². The molecule has 1 aromatic carbocycles. The Bertz CT molecular complexity index is 522. The lowest BCUT2D eigenvalue weighted by molar-refractivity contribution is 0.0477. The molecule has 2 saturated heterocycles. The van der Waals surface area contributed by atoms with E-state index in [-0.39, 0.29) is 5.82 Å². The topological polar surface area (TPSA) is 15.7 Å². The normalized spacial score (nSPS) is 23.0. The lowest BCUT2D eigenvalue weighted by Crippen LogP contribution is -2.43. The third kappa shape index (κ3) is 5.50. The molecule has 0 N–H and O–H groups in total. The number of halogens is 1. The molecule has 0 saturated carbocycles. The van der Waals surface area contributed by atoms with Gasteiger partial charge in [-0.15, -0.1) is 0 Å². The Hall–Kier alpha value is -0.970. The maximum atomic E-state index is 13.8. The van der Waals surface area contributed by atoms with Crippen LogP contribution in [0.5, 0.6) is 0 Å². The monoisotopic (exact) mass is 348 g/mol. The number of ether oxygens (including phenoxy) is 1. The summed E-state index contributed by atoms with van der Waals surface area (Å²) in [6, 6.07) is 7.73. The Morgan fingerprint density at radius 1 is 1.16 bits per heavy atom. The Morgan fingerprint density at radius 2 is 1.92 bits per heavy atom. The van der Waals surface area contributed by atoms with Crippen LogP contribution < -0.4 is 0 Å². The molecule has 1 aromatic rings. The van der Waals surface area contributed by atoms with Crippen LogP contribution in [0.1, 0.15) is 45.1 Å². The average Bonchev–Trinajstić information content (AvgIpc) is 3.11. The first-order valence-corrected chi connectivity index (χ1v) is 9.93. The molecule has 3 rings (SSSR count). The largest absolute Gasteiger partial charge is 0.377 e. The zero-order valence-electron chi connectivity index (χ0n) is 15.8. The summed E-state index contributed by atoms with van der Waals surface area (Å²) >= 11 is 0. The van der Waals surface area contributed by atoms with E-state index >= 15 is 0 Å². The molecule has 0 aromatic heterocycles. The van der Waals surface area contributed by atoms with E-state index < -0.39 is 0 Å². The van der Waals surface area contributed by atoms with Gasteiger partial charge in [-0.1, -0.05) is 18.2 Å². The van der Waals surface area contributed by atoms with Gasteiger partial charge in [0.25, 0.3) is 0 Å². The second-order valence-corrected chi connectivity index (χ2v) is 7.99. The Morgan fingerprint density at radius 3 is 2.56 bits per heavy atom. The van der Waals surface area contributed by atoms with Gasteiger partial charge in [0.15, 0.2) is 0 Å². The highest BCUT2D eigenvalue weighted by Crippen LogP contribution is 2.23. The Labute approximate surface area is 152 Å². The second-order valence-electron chi connectivity index (χ2n) is 7.99. The Kier molecular flexibility index (Phi) is 6.85. The molecule has 1 atom stereocenters. The van der Waals surface area contributed by atoms with Crippen molar-refractivity contribution < 1.29 is 9.13 Å². The fourth-order valence-electron chi connectivity index (χ4n) is 4.07. The van der Waals surface area contributed by atoms with Gasteiger partial charge in [0.2, 0.25) is 0 Å². The molecular weight excluding hydrogens is 315 g/mol. The second kappa shape index (κ2) is 9.11. The molecule has 4 heteroatoms. The predicted octanol–water partition coefficient (Wildman–Crippen LogP) is 3.93. The van der Waals surface area contributed by atoms with Crippen molar-refractivity contribution in [3.8, 4) is 0 Å². The first kappa shape index (κ1) is 18.8. The van der Waals surface area contributed by atoms with Crippen LogP contribution in [0.2, 0.25) is 0 Å². The number of piperidine rings is 1. The molecule has 3 nitrogen and oxygen atoms in total. The van der Waals surface area contributed by atoms with Crippen molar-refractivity contribution in [2.75, 3.05) is 32.8 Å². The minimum Gasteiger partial charge on any atom is -0.377 e. The molecule has 0 spiro atoms. The van der Waals surface area contributed by atoms with Gasteiger partial charge in [-0.2, -0.15) is 0 Å². The summed E-state index contributed by atoms with van der Waals surface area (Å²) < 4.78 is 19.7. The van der Waals surface area contributed by atoms with E-state index in [1.165, 1.54) is 32.2 Å². The van der Waals surface area contributed by atoms with Crippen LogP contribution in [0, 0.1) is 11.7 Å². The molecule has 2 heterocycles. The zero-order valence-corrected chi connectivity index (χ0v) is 15.8. The predicted molar refractivity (Wildman–Crippen MR) is 100 cm³/mol. The molecule has 0 amide bonds. The number of hydrogen-bond acceptors (Lipinski definition) is 3. The molecule has 0 bridgehead atoms. The van der Waals surface area contributed by atoms with E-state index in [2.05, 4.69) is 23.6 Å². The number of nitrogens with zero attached hydrogens (tertiary/aromatic N) is 2. The van der Waals surface area contributed by atoms with Crippen LogP contribution in [-0.2, 0) is 11.3 Å². The van der Waals surface area contributed by atoms with E-state index in [4.69, 9.17) is 4.74 Å². The minimum atomic E-state index is -0.0767. The van der Waals surface area contributed by atoms with Crippen molar-refractivity contribution in [1.29, 1.82) is 0 Å². The minimum absolute atomic E-state index is 0.0767. The summed E-state index contributed by atoms with van der Waals surface area (Å²) in [5.74, 6) is 0.674. The molecule has 0 aliphatic carbocycles. The molecule has 2 aliphatic rings. The number of hydrogen-bond donors (Lipinski definition) is 0. The summed E-state index contributed by atoms with van der Waals surface area (Å²) in [6.45, 7) is 10.7. The molecular formula is C21H33FN2O. The fraction of sp³-hybridized carbons (Fsp3) is 0.714. The lowest BCUT2D eigenvalue weighted by Gasteiger charge is -2.37. The molecule has 2 fully saturated rings. The van der Waals surface area contributed by atoms with Gasteiger partial charge in [-0.25, -0.2) is 4.39 Å². The summed E-state index contributed by atoms with van der Waals surface area (Å²) in [5.41, 5.74) is 0.822. The lowest BCUT2D eigenvalue weighted by atomic mass is 9.95. The third-order valence-electron chi connectivity index (χ3n) is 5.74. The zero-order chi connectivity index (χ0) is 17.6. The van der Waals surface area contributed by atoms with Gasteiger partial charge in [-0.3, -0.25) is 9.80 Å². The highest BCUT2D eigenvalue weighted by atomic mass is 19.1. The SMILES string of the molecule is CC(C)N(CC1CCN(Cc2ccccc2F)CC1)CC1CCCO1. The van der Waals surface area contributed by atoms with Crippen molar-refractivity contribution in [3.05, 3.63) is 35.6 Å². The van der Waals surface area contributed by atoms with Crippen LogP contribution in [0.3, 0.4) is 0 Å². The first-order valence-electron chi connectivity index (χ1n) is 9.93. The number of benzene rings is 1. The maximum Gasteiger partial charge on any atom is 0.127 e. The fourth-order valence-corrected chi connectivity index (χ4v) is 4.07. The first-order chi connectivity index (χ1) is 12.1. The van der Waals surface area contributed by atoms with Crippen LogP contribution in [-0.4, -0.2) is 54.7 Å². The van der Waals surface area contributed by atoms with Crippen molar-refractivity contribution >= 4 is 0 Å². The standard InChI is InChI=1S/C21H33FN2O/c1-17(2)24(16-20-7-5-13-25-20)14-18-9-11-23(12-10-18)15-19-6-3-4-8-21(19)22/h3-4,6,8,17-18,20H,5,7,9-16H2,1-2H3. The van der Waals surface area contributed by atoms with Crippen LogP contribution in [0.4, 0.5) is 4.39 Å². The van der Waals surface area contributed by atoms with E-state index in [1.807, 2.05) is 12.1 Å². The van der Waals surface area contributed by atoms with Crippen LogP contribution in [0.15, 0.2) is 24.3 Å². The summed E-state index contributed by atoms with van der Waals surface area (Å²) in [7, 11) is 0. The summed E-state index contributed by atoms with van der Waals surface area (Å²) in [4.78, 5) is 5.00. The van der Waals surface area contributed by atoms with Gasteiger partial charge >= 0.3 is 0 Å². The van der Waals surface area contributed by atoms with Gasteiger partial charge in [0, 0.05) is 37.8 Å². The van der Waals surface area contributed by atoms with Crippen molar-refractivity contribution in [1.82, 2.24) is 9.80 Å². The van der Waals surface area contributed by atoms with Gasteiger partial charge in [-0.05, 0) is 64.6 Å². The van der Waals surface area contributed by atoms with E-state index in [1.54, 1.807) is 12.1 Å². The van der Waals surface area contributed by atoms with Gasteiger partial charge in [0.05, 0.1) is 6.10 Å². The quantitative estimate of drug-likeness (QED) is 0.743. The molecule has 1 unspecified atom stereocenters. The Balaban J connectivity index is 1.45. The highest BCUT2D eigenvalue weighted by Gasteiger charge is 2.26. The maximum absolute atomic E-state index is 13.8. The van der Waals surface area contributed by atoms with Gasteiger partial charge in [0.1, 0.15) is 5.82 Å². The van der Waals surface area contributed by atoms with Crippen LogP contribution in [0.25, 0.3) is 0 Å². The number of rotatable bonds is 7. The summed E-state index contributed by atoms with van der Waals surface area (Å²) in [6.07, 6.45) is 5.28. The summed E-state index contributed by atoms with van der Waals surface area (Å²) in [5, 5.41) is 0.